The monoisotopic (exact) mass is 242 g/mol. The Bertz CT molecular complexity index is 181. The molecular formula is C10H26O4S. The van der Waals surface area contributed by atoms with Gasteiger partial charge < -0.3 is 9.53 Å². The summed E-state index contributed by atoms with van der Waals surface area (Å²) in [5.74, 6) is 0.167. The highest BCUT2D eigenvalue weighted by Gasteiger charge is 1.79. The van der Waals surface area contributed by atoms with Gasteiger partial charge in [-0.2, -0.15) is 0 Å². The summed E-state index contributed by atoms with van der Waals surface area (Å²) in [6.45, 7) is 7.31. The zero-order valence-corrected chi connectivity index (χ0v) is 12.1. The molecule has 0 aromatic heterocycles. The lowest BCUT2D eigenvalue weighted by Crippen LogP contribution is -1.86. The van der Waals surface area contributed by atoms with E-state index in [4.69, 9.17) is 0 Å². The van der Waals surface area contributed by atoms with Crippen LogP contribution in [-0.2, 0) is 19.4 Å². The number of ketones is 1. The minimum absolute atomic E-state index is 0.167. The number of carbonyl (C=O) groups excluding carboxylic acids is 1. The van der Waals surface area contributed by atoms with E-state index in [1.807, 2.05) is 0 Å². The largest absolute Gasteiger partial charge is 0.388 e. The van der Waals surface area contributed by atoms with E-state index in [9.17, 15) is 13.2 Å². The summed E-state index contributed by atoms with van der Waals surface area (Å²) in [7, 11) is 0.583. The summed E-state index contributed by atoms with van der Waals surface area (Å²) >= 11 is 0. The molecule has 0 spiro atoms. The second kappa shape index (κ2) is 19.2. The molecule has 0 saturated carbocycles. The molecule has 15 heavy (non-hydrogen) atoms. The van der Waals surface area contributed by atoms with E-state index >= 15 is 0 Å². The molecule has 0 aromatic carbocycles. The molecule has 0 radical (unpaired) electrons. The van der Waals surface area contributed by atoms with Crippen LogP contribution in [0.3, 0.4) is 0 Å². The molecule has 0 bridgehead atoms. The van der Waals surface area contributed by atoms with E-state index in [1.54, 1.807) is 14.2 Å². The van der Waals surface area contributed by atoms with Gasteiger partial charge in [-0.25, -0.2) is 8.42 Å². The van der Waals surface area contributed by atoms with E-state index in [0.717, 1.165) is 12.5 Å². The second-order valence-corrected chi connectivity index (χ2v) is 5.45. The second-order valence-electron chi connectivity index (χ2n) is 3.17. The third-order valence-electron chi connectivity index (χ3n) is 0. The Labute approximate surface area is 94.9 Å². The first-order valence-corrected chi connectivity index (χ1v) is 6.88. The molecule has 0 atom stereocenters. The maximum Gasteiger partial charge on any atom is 0.144 e. The van der Waals surface area contributed by atoms with Crippen molar-refractivity contribution in [2.45, 2.75) is 34.1 Å². The first-order chi connectivity index (χ1) is 6.56. The first kappa shape index (κ1) is 24.0. The summed E-state index contributed by atoms with van der Waals surface area (Å²) in [6.07, 6.45) is 3.57. The van der Waals surface area contributed by atoms with Gasteiger partial charge >= 0.3 is 0 Å². The molecule has 4 nitrogen and oxygen atoms in total. The van der Waals surface area contributed by atoms with Crippen LogP contribution >= 0.6 is 0 Å². The lowest BCUT2D eigenvalue weighted by molar-refractivity contribution is -0.114. The number of ether oxygens (including phenoxy) is 1. The number of hydrogen-bond acceptors (Lipinski definition) is 4. The Morgan fingerprint density at radius 2 is 1.07 bits per heavy atom. The minimum atomic E-state index is -2.67. The highest BCUT2D eigenvalue weighted by molar-refractivity contribution is 7.89. The fourth-order valence-electron chi connectivity index (χ4n) is 0. The number of rotatable bonds is 0. The van der Waals surface area contributed by atoms with E-state index in [-0.39, 0.29) is 5.78 Å². The van der Waals surface area contributed by atoms with Crippen LogP contribution in [0.25, 0.3) is 0 Å². The van der Waals surface area contributed by atoms with Crippen molar-refractivity contribution in [2.24, 2.45) is 0 Å². The average Bonchev–Trinajstić information content (AvgIpc) is 1.82. The van der Waals surface area contributed by atoms with Gasteiger partial charge in [0, 0.05) is 26.7 Å². The van der Waals surface area contributed by atoms with E-state index in [1.165, 1.54) is 20.3 Å². The van der Waals surface area contributed by atoms with E-state index < -0.39 is 9.84 Å². The molecule has 0 aliphatic carbocycles. The Hall–Kier alpha value is -0.420. The van der Waals surface area contributed by atoms with Crippen LogP contribution in [-0.4, -0.2) is 40.9 Å². The van der Waals surface area contributed by atoms with Crippen molar-refractivity contribution in [3.8, 4) is 0 Å². The third-order valence-corrected chi connectivity index (χ3v) is 0. The standard InChI is InChI=1S/C3H6O.C3H8.C2H6O2S.C2H6O/c1-3(2)4;1-3-2;1-5(2,3)4;1-3-2/h1-2H3;3H2,1-2H3;1-2H3;1-2H3. The Kier molecular flexibility index (Phi) is 30.7. The van der Waals surface area contributed by atoms with Gasteiger partial charge in [-0.05, 0) is 13.8 Å². The van der Waals surface area contributed by atoms with Crippen molar-refractivity contribution >= 4 is 15.6 Å². The molecule has 0 aliphatic heterocycles. The quantitative estimate of drug-likeness (QED) is 0.651. The molecule has 0 aromatic rings. The van der Waals surface area contributed by atoms with Gasteiger partial charge in [-0.1, -0.05) is 20.3 Å². The van der Waals surface area contributed by atoms with Gasteiger partial charge in [0.2, 0.25) is 0 Å². The smallest absolute Gasteiger partial charge is 0.144 e. The molecule has 0 N–H and O–H groups in total. The normalized spacial score (nSPS) is 8.00. The summed E-state index contributed by atoms with van der Waals surface area (Å²) in [6, 6.07) is 0. The van der Waals surface area contributed by atoms with Crippen molar-refractivity contribution < 1.29 is 17.9 Å². The molecule has 0 amide bonds. The van der Waals surface area contributed by atoms with Crippen LogP contribution in [0.4, 0.5) is 0 Å². The van der Waals surface area contributed by atoms with E-state index in [2.05, 4.69) is 18.6 Å². The first-order valence-electron chi connectivity index (χ1n) is 4.58. The molecular weight excluding hydrogens is 216 g/mol. The topological polar surface area (TPSA) is 60.4 Å². The Morgan fingerprint density at radius 3 is 1.07 bits per heavy atom. The molecule has 0 aliphatic rings. The van der Waals surface area contributed by atoms with Crippen LogP contribution < -0.4 is 0 Å². The fraction of sp³-hybridized carbons (Fsp3) is 0.900. The zero-order chi connectivity index (χ0) is 13.5. The number of sulfone groups is 1. The molecule has 0 rings (SSSR count). The van der Waals surface area contributed by atoms with Crippen LogP contribution in [0.2, 0.25) is 0 Å². The summed E-state index contributed by atoms with van der Waals surface area (Å²) in [4.78, 5) is 9.44. The van der Waals surface area contributed by atoms with Crippen LogP contribution in [0.15, 0.2) is 0 Å². The number of hydrogen-bond donors (Lipinski definition) is 0. The predicted molar refractivity (Wildman–Crippen MR) is 66.0 cm³/mol. The predicted octanol–water partition coefficient (Wildman–Crippen LogP) is 1.94. The molecule has 5 heteroatoms. The van der Waals surface area contributed by atoms with Gasteiger partial charge in [0.05, 0.1) is 0 Å². The third kappa shape index (κ3) is 10300. The fourth-order valence-corrected chi connectivity index (χ4v) is 0. The Morgan fingerprint density at radius 1 is 1.07 bits per heavy atom. The molecule has 96 valence electrons. The van der Waals surface area contributed by atoms with Gasteiger partial charge in [-0.3, -0.25) is 0 Å². The number of Topliss-reactive ketones (excluding diaryl/α,β-unsaturated/α-hetero) is 1. The highest BCUT2D eigenvalue weighted by atomic mass is 32.2. The van der Waals surface area contributed by atoms with Gasteiger partial charge in [-0.15, -0.1) is 0 Å². The lowest BCUT2D eigenvalue weighted by Gasteiger charge is -1.69. The highest BCUT2D eigenvalue weighted by Crippen LogP contribution is 1.61. The lowest BCUT2D eigenvalue weighted by atomic mass is 10.6. The van der Waals surface area contributed by atoms with Crippen molar-refractivity contribution in [3.63, 3.8) is 0 Å². The molecule has 0 unspecified atom stereocenters. The van der Waals surface area contributed by atoms with Crippen LogP contribution in [0.1, 0.15) is 34.1 Å². The van der Waals surface area contributed by atoms with Crippen molar-refractivity contribution in [1.82, 2.24) is 0 Å². The maximum atomic E-state index is 9.63. The van der Waals surface area contributed by atoms with Gasteiger partial charge in [0.1, 0.15) is 15.6 Å². The van der Waals surface area contributed by atoms with Crippen molar-refractivity contribution in [3.05, 3.63) is 0 Å². The minimum Gasteiger partial charge on any atom is -0.388 e. The van der Waals surface area contributed by atoms with Crippen LogP contribution in [0.5, 0.6) is 0 Å². The zero-order valence-electron chi connectivity index (χ0n) is 11.2. The van der Waals surface area contributed by atoms with E-state index in [0.29, 0.717) is 0 Å². The molecule has 0 heterocycles. The van der Waals surface area contributed by atoms with Crippen molar-refractivity contribution in [2.75, 3.05) is 26.7 Å². The summed E-state index contributed by atoms with van der Waals surface area (Å²) in [5.41, 5.74) is 0. The van der Waals surface area contributed by atoms with Crippen molar-refractivity contribution in [1.29, 1.82) is 0 Å². The van der Waals surface area contributed by atoms with Gasteiger partial charge in [0.15, 0.2) is 0 Å². The number of carbonyl (C=O) groups is 1. The van der Waals surface area contributed by atoms with Crippen LogP contribution in [0, 0.1) is 0 Å². The Balaban J connectivity index is -0.0000000553. The SMILES string of the molecule is CC(C)=O.CCC.COC.CS(C)(=O)=O. The maximum absolute atomic E-state index is 9.63. The number of methoxy groups -OCH3 is 1. The molecule has 0 fully saturated rings. The average molecular weight is 242 g/mol. The molecule has 0 saturated heterocycles. The summed E-state index contributed by atoms with van der Waals surface area (Å²) in [5, 5.41) is 0. The van der Waals surface area contributed by atoms with Gasteiger partial charge in [0.25, 0.3) is 0 Å². The summed E-state index contributed by atoms with van der Waals surface area (Å²) < 4.78 is 23.5.